The van der Waals surface area contributed by atoms with Gasteiger partial charge in [0.25, 0.3) is 0 Å². The number of benzene rings is 1. The first-order valence-corrected chi connectivity index (χ1v) is 5.33. The van der Waals surface area contributed by atoms with Crippen molar-refractivity contribution in [2.75, 3.05) is 6.61 Å². The van der Waals surface area contributed by atoms with Crippen molar-refractivity contribution < 1.29 is 14.6 Å². The summed E-state index contributed by atoms with van der Waals surface area (Å²) >= 11 is 0. The molecule has 3 nitrogen and oxygen atoms in total. The van der Waals surface area contributed by atoms with E-state index in [1.165, 1.54) is 6.08 Å². The molecule has 0 aliphatic heterocycles. The van der Waals surface area contributed by atoms with Gasteiger partial charge in [0, 0.05) is 0 Å². The molecule has 0 unspecified atom stereocenters. The Morgan fingerprint density at radius 3 is 2.83 bits per heavy atom. The number of aryl methyl sites for hydroxylation is 1. The first kappa shape index (κ1) is 13.6. The van der Waals surface area contributed by atoms with Crippen LogP contribution in [0.2, 0.25) is 0 Å². The van der Waals surface area contributed by atoms with Gasteiger partial charge in [0.2, 0.25) is 0 Å². The average Bonchev–Trinajstić information content (AvgIpc) is 2.34. The molecule has 0 aliphatic rings. The van der Waals surface area contributed by atoms with Gasteiger partial charge in [-0.3, -0.25) is 0 Å². The molecule has 3 heteroatoms. The Labute approximate surface area is 106 Å². The fourth-order valence-electron chi connectivity index (χ4n) is 1.40. The van der Waals surface area contributed by atoms with Gasteiger partial charge in [-0.15, -0.1) is 6.42 Å². The van der Waals surface area contributed by atoms with Crippen LogP contribution in [0.4, 0.5) is 0 Å². The Morgan fingerprint density at radius 1 is 1.61 bits per heavy atom. The number of hydrogen-bond acceptors (Lipinski definition) is 2. The molecule has 1 N–H and O–H groups in total. The van der Waals surface area contributed by atoms with Gasteiger partial charge in [0.05, 0.1) is 5.57 Å². The SMILES string of the molecule is C#CCOc1ccc(/C=C(\C=C)C(=O)O)c(C)c1. The molecule has 1 aromatic carbocycles. The quantitative estimate of drug-likeness (QED) is 0.490. The van der Waals surface area contributed by atoms with E-state index in [0.717, 1.165) is 11.1 Å². The molecule has 0 aliphatic carbocycles. The third-order valence-corrected chi connectivity index (χ3v) is 2.34. The average molecular weight is 242 g/mol. The lowest BCUT2D eigenvalue weighted by Crippen LogP contribution is -1.98. The highest BCUT2D eigenvalue weighted by Gasteiger charge is 2.04. The van der Waals surface area contributed by atoms with Crippen molar-refractivity contribution in [3.63, 3.8) is 0 Å². The van der Waals surface area contributed by atoms with E-state index < -0.39 is 5.97 Å². The van der Waals surface area contributed by atoms with Crippen LogP contribution in [0.5, 0.6) is 5.75 Å². The van der Waals surface area contributed by atoms with Gasteiger partial charge in [-0.25, -0.2) is 4.79 Å². The zero-order chi connectivity index (χ0) is 13.5. The van der Waals surface area contributed by atoms with Crippen LogP contribution in [-0.4, -0.2) is 17.7 Å². The molecule has 92 valence electrons. The van der Waals surface area contributed by atoms with E-state index in [2.05, 4.69) is 12.5 Å². The maximum atomic E-state index is 10.9. The van der Waals surface area contributed by atoms with Gasteiger partial charge in [-0.2, -0.15) is 0 Å². The van der Waals surface area contributed by atoms with Crippen LogP contribution in [0.25, 0.3) is 6.08 Å². The second kappa shape index (κ2) is 6.31. The number of rotatable bonds is 5. The molecule has 0 spiro atoms. The second-order valence-electron chi connectivity index (χ2n) is 3.62. The number of carboxylic acids is 1. The number of terminal acetylenes is 1. The summed E-state index contributed by atoms with van der Waals surface area (Å²) in [4.78, 5) is 10.9. The highest BCUT2D eigenvalue weighted by atomic mass is 16.5. The number of aliphatic carboxylic acids is 1. The molecule has 18 heavy (non-hydrogen) atoms. The van der Waals surface area contributed by atoms with Crippen LogP contribution in [0.1, 0.15) is 11.1 Å². The Morgan fingerprint density at radius 2 is 2.33 bits per heavy atom. The molecule has 0 saturated heterocycles. The van der Waals surface area contributed by atoms with Crippen LogP contribution in [0, 0.1) is 19.3 Å². The second-order valence-corrected chi connectivity index (χ2v) is 3.62. The van der Waals surface area contributed by atoms with Crippen LogP contribution < -0.4 is 4.74 Å². The predicted octanol–water partition coefficient (Wildman–Crippen LogP) is 2.66. The Bertz CT molecular complexity index is 533. The lowest BCUT2D eigenvalue weighted by atomic mass is 10.1. The zero-order valence-corrected chi connectivity index (χ0v) is 10.1. The molecule has 0 aromatic heterocycles. The van der Waals surface area contributed by atoms with Crippen molar-refractivity contribution in [2.24, 2.45) is 0 Å². The molecular weight excluding hydrogens is 228 g/mol. The van der Waals surface area contributed by atoms with Crippen molar-refractivity contribution in [2.45, 2.75) is 6.92 Å². The Balaban J connectivity index is 3.02. The molecule has 0 fully saturated rings. The van der Waals surface area contributed by atoms with Gasteiger partial charge >= 0.3 is 5.97 Å². The summed E-state index contributed by atoms with van der Waals surface area (Å²) in [5.41, 5.74) is 1.86. The van der Waals surface area contributed by atoms with Crippen molar-refractivity contribution >= 4 is 12.0 Å². The fraction of sp³-hybridized carbons (Fsp3) is 0.133. The first-order valence-electron chi connectivity index (χ1n) is 5.33. The van der Waals surface area contributed by atoms with E-state index >= 15 is 0 Å². The monoisotopic (exact) mass is 242 g/mol. The molecule has 0 atom stereocenters. The summed E-state index contributed by atoms with van der Waals surface area (Å²) in [6.45, 7) is 5.55. The number of carbonyl (C=O) groups is 1. The van der Waals surface area contributed by atoms with Crippen LogP contribution in [0.15, 0.2) is 36.4 Å². The predicted molar refractivity (Wildman–Crippen MR) is 71.3 cm³/mol. The van der Waals surface area contributed by atoms with Gasteiger partial charge in [-0.1, -0.05) is 24.6 Å². The van der Waals surface area contributed by atoms with Crippen molar-refractivity contribution in [3.8, 4) is 18.1 Å². The van der Waals surface area contributed by atoms with Crippen LogP contribution >= 0.6 is 0 Å². The maximum Gasteiger partial charge on any atom is 0.335 e. The minimum Gasteiger partial charge on any atom is -0.481 e. The highest BCUT2D eigenvalue weighted by molar-refractivity contribution is 5.95. The third-order valence-electron chi connectivity index (χ3n) is 2.34. The van der Waals surface area contributed by atoms with Crippen molar-refractivity contribution in [1.29, 1.82) is 0 Å². The minimum absolute atomic E-state index is 0.149. The summed E-state index contributed by atoms with van der Waals surface area (Å²) < 4.78 is 5.28. The largest absolute Gasteiger partial charge is 0.481 e. The molecule has 1 aromatic rings. The molecule has 0 heterocycles. The molecule has 0 bridgehead atoms. The summed E-state index contributed by atoms with van der Waals surface area (Å²) in [5.74, 6) is 2.04. The summed E-state index contributed by atoms with van der Waals surface area (Å²) in [7, 11) is 0. The highest BCUT2D eigenvalue weighted by Crippen LogP contribution is 2.19. The Hall–Kier alpha value is -2.47. The maximum absolute atomic E-state index is 10.9. The fourth-order valence-corrected chi connectivity index (χ4v) is 1.40. The van der Waals surface area contributed by atoms with E-state index in [1.54, 1.807) is 18.2 Å². The lowest BCUT2D eigenvalue weighted by Gasteiger charge is -2.06. The van der Waals surface area contributed by atoms with Crippen LogP contribution in [-0.2, 0) is 4.79 Å². The number of hydrogen-bond donors (Lipinski definition) is 1. The van der Waals surface area contributed by atoms with E-state index in [-0.39, 0.29) is 12.2 Å². The molecular formula is C15H14O3. The summed E-state index contributed by atoms with van der Waals surface area (Å²) in [6.07, 6.45) is 7.98. The van der Waals surface area contributed by atoms with E-state index in [9.17, 15) is 4.79 Å². The van der Waals surface area contributed by atoms with E-state index in [1.807, 2.05) is 13.0 Å². The van der Waals surface area contributed by atoms with Crippen molar-refractivity contribution in [1.82, 2.24) is 0 Å². The van der Waals surface area contributed by atoms with Gasteiger partial charge < -0.3 is 9.84 Å². The molecule has 0 saturated carbocycles. The number of ether oxygens (including phenoxy) is 1. The lowest BCUT2D eigenvalue weighted by molar-refractivity contribution is -0.132. The summed E-state index contributed by atoms with van der Waals surface area (Å²) in [5, 5.41) is 8.91. The zero-order valence-electron chi connectivity index (χ0n) is 10.1. The van der Waals surface area contributed by atoms with Gasteiger partial charge in [0.1, 0.15) is 12.4 Å². The first-order chi connectivity index (χ1) is 8.58. The topological polar surface area (TPSA) is 46.5 Å². The smallest absolute Gasteiger partial charge is 0.335 e. The third kappa shape index (κ3) is 3.53. The Kier molecular flexibility index (Phi) is 4.77. The van der Waals surface area contributed by atoms with Crippen molar-refractivity contribution in [3.05, 3.63) is 47.6 Å². The van der Waals surface area contributed by atoms with Gasteiger partial charge in [-0.05, 0) is 36.3 Å². The molecule has 1 rings (SSSR count). The standard InChI is InChI=1S/C15H14O3/c1-4-8-18-14-7-6-13(11(3)9-14)10-12(5-2)15(16)17/h1,5-7,9-10H,2,8H2,3H3,(H,16,17)/b12-10+. The van der Waals surface area contributed by atoms with E-state index in [4.69, 9.17) is 16.3 Å². The van der Waals surface area contributed by atoms with Crippen LogP contribution in [0.3, 0.4) is 0 Å². The minimum atomic E-state index is -1.00. The molecule has 0 radical (unpaired) electrons. The van der Waals surface area contributed by atoms with Gasteiger partial charge in [0.15, 0.2) is 0 Å². The van der Waals surface area contributed by atoms with E-state index in [0.29, 0.717) is 5.75 Å². The number of carboxylic acid groups (broad SMARTS) is 1. The molecule has 0 amide bonds. The summed E-state index contributed by atoms with van der Waals surface area (Å²) in [6, 6.07) is 5.35. The normalized spacial score (nSPS) is 10.6.